The van der Waals surface area contributed by atoms with Gasteiger partial charge in [0.25, 0.3) is 0 Å². The van der Waals surface area contributed by atoms with Crippen LogP contribution in [0.5, 0.6) is 0 Å². The van der Waals surface area contributed by atoms with Gasteiger partial charge in [0.05, 0.1) is 0 Å². The zero-order chi connectivity index (χ0) is 11.8. The second-order valence-corrected chi connectivity index (χ2v) is 4.10. The highest BCUT2D eigenvalue weighted by Gasteiger charge is 2.27. The van der Waals surface area contributed by atoms with Crippen molar-refractivity contribution in [3.63, 3.8) is 0 Å². The van der Waals surface area contributed by atoms with Crippen LogP contribution in [0.1, 0.15) is 22.3 Å². The first kappa shape index (κ1) is 9.97. The van der Waals surface area contributed by atoms with Gasteiger partial charge in [0.15, 0.2) is 0 Å². The first-order valence-electron chi connectivity index (χ1n) is 5.54. The summed E-state index contributed by atoms with van der Waals surface area (Å²) in [6.45, 7) is 0. The molecule has 2 nitrogen and oxygen atoms in total. The van der Waals surface area contributed by atoms with Crippen LogP contribution in [-0.2, 0) is 4.79 Å². The molecular weight excluding hydrogens is 212 g/mol. The standard InChI is InChI=1S/C15H10O2/c16-14-12-7-3-1-5-10(12)9-11-6-2-4-8-13(11)15(14)17/h1-3,5-9H,4H2. The Morgan fingerprint density at radius 3 is 2.71 bits per heavy atom. The fourth-order valence-corrected chi connectivity index (χ4v) is 2.18. The molecule has 0 saturated heterocycles. The van der Waals surface area contributed by atoms with Crippen molar-refractivity contribution in [2.75, 3.05) is 0 Å². The topological polar surface area (TPSA) is 34.1 Å². The second-order valence-electron chi connectivity index (χ2n) is 4.10. The number of fused-ring (bicyclic) bond motifs is 2. The summed E-state index contributed by atoms with van der Waals surface area (Å²) in [5.41, 5.74) is 2.68. The zero-order valence-corrected chi connectivity index (χ0v) is 9.14. The van der Waals surface area contributed by atoms with Gasteiger partial charge in [-0.1, -0.05) is 42.5 Å². The monoisotopic (exact) mass is 222 g/mol. The van der Waals surface area contributed by atoms with Crippen molar-refractivity contribution in [3.05, 3.63) is 64.8 Å². The van der Waals surface area contributed by atoms with Crippen LogP contribution in [0.4, 0.5) is 0 Å². The summed E-state index contributed by atoms with van der Waals surface area (Å²) in [7, 11) is 0. The van der Waals surface area contributed by atoms with Gasteiger partial charge >= 0.3 is 0 Å². The van der Waals surface area contributed by atoms with Gasteiger partial charge in [0.1, 0.15) is 0 Å². The minimum atomic E-state index is -0.409. The normalized spacial score (nSPS) is 17.9. The Morgan fingerprint density at radius 2 is 1.82 bits per heavy atom. The third-order valence-electron chi connectivity index (χ3n) is 3.03. The van der Waals surface area contributed by atoms with Crippen LogP contribution in [0.25, 0.3) is 6.08 Å². The quantitative estimate of drug-likeness (QED) is 0.632. The third-order valence-corrected chi connectivity index (χ3v) is 3.03. The molecule has 0 radical (unpaired) electrons. The van der Waals surface area contributed by atoms with Gasteiger partial charge in [-0.25, -0.2) is 0 Å². The second kappa shape index (κ2) is 3.67. The number of carbonyl (C=O) groups is 2. The average molecular weight is 222 g/mol. The maximum Gasteiger partial charge on any atom is 0.234 e. The average Bonchev–Trinajstić information content (AvgIpc) is 2.48. The Kier molecular flexibility index (Phi) is 2.15. The number of ketones is 2. The summed E-state index contributed by atoms with van der Waals surface area (Å²) < 4.78 is 0. The molecule has 0 amide bonds. The molecule has 2 aliphatic carbocycles. The van der Waals surface area contributed by atoms with E-state index in [1.165, 1.54) is 0 Å². The van der Waals surface area contributed by atoms with Crippen LogP contribution < -0.4 is 0 Å². The predicted molar refractivity (Wildman–Crippen MR) is 65.6 cm³/mol. The number of rotatable bonds is 0. The molecule has 0 unspecified atom stereocenters. The SMILES string of the molecule is O=C1C(=O)c2ccccc2C=C2C=CCC=C12. The fourth-order valence-electron chi connectivity index (χ4n) is 2.18. The number of hydrogen-bond acceptors (Lipinski definition) is 2. The van der Waals surface area contributed by atoms with E-state index in [1.54, 1.807) is 12.1 Å². The minimum absolute atomic E-state index is 0.398. The molecular formula is C15H10O2. The number of benzene rings is 1. The maximum atomic E-state index is 12.0. The van der Waals surface area contributed by atoms with Crippen LogP contribution in [0.3, 0.4) is 0 Å². The van der Waals surface area contributed by atoms with Crippen LogP contribution in [-0.4, -0.2) is 11.6 Å². The van der Waals surface area contributed by atoms with Crippen LogP contribution in [0.2, 0.25) is 0 Å². The van der Waals surface area contributed by atoms with Gasteiger partial charge in [-0.2, -0.15) is 0 Å². The van der Waals surface area contributed by atoms with Crippen molar-refractivity contribution >= 4 is 17.6 Å². The maximum absolute atomic E-state index is 12.0. The summed E-state index contributed by atoms with van der Waals surface area (Å²) in [6, 6.07) is 7.21. The highest BCUT2D eigenvalue weighted by atomic mass is 16.2. The molecule has 0 spiro atoms. The Hall–Kier alpha value is -2.22. The van der Waals surface area contributed by atoms with Crippen molar-refractivity contribution in [1.29, 1.82) is 0 Å². The number of allylic oxidation sites excluding steroid dienone is 5. The molecule has 2 aliphatic rings. The molecule has 0 heterocycles. The van der Waals surface area contributed by atoms with Crippen molar-refractivity contribution in [2.45, 2.75) is 6.42 Å². The molecule has 0 bridgehead atoms. The molecule has 0 atom stereocenters. The van der Waals surface area contributed by atoms with E-state index in [2.05, 4.69) is 0 Å². The van der Waals surface area contributed by atoms with E-state index in [0.29, 0.717) is 17.6 Å². The predicted octanol–water partition coefficient (Wildman–Crippen LogP) is 2.72. The molecule has 0 fully saturated rings. The molecule has 2 heteroatoms. The zero-order valence-electron chi connectivity index (χ0n) is 9.14. The van der Waals surface area contributed by atoms with E-state index in [4.69, 9.17) is 0 Å². The molecule has 17 heavy (non-hydrogen) atoms. The molecule has 0 N–H and O–H groups in total. The first-order valence-corrected chi connectivity index (χ1v) is 5.54. The first-order chi connectivity index (χ1) is 8.27. The van der Waals surface area contributed by atoms with E-state index >= 15 is 0 Å². The number of Topliss-reactive ketones (excluding diaryl/α,β-unsaturated/α-hetero) is 2. The molecule has 0 aliphatic heterocycles. The van der Waals surface area contributed by atoms with Gasteiger partial charge in [0.2, 0.25) is 11.6 Å². The van der Waals surface area contributed by atoms with Crippen molar-refractivity contribution < 1.29 is 9.59 Å². The highest BCUT2D eigenvalue weighted by molar-refractivity contribution is 6.51. The van der Waals surface area contributed by atoms with Crippen molar-refractivity contribution in [2.24, 2.45) is 0 Å². The van der Waals surface area contributed by atoms with Crippen LogP contribution in [0, 0.1) is 0 Å². The Labute approximate surface area is 99.0 Å². The fraction of sp³-hybridized carbons (Fsp3) is 0.0667. The lowest BCUT2D eigenvalue weighted by Gasteiger charge is -2.07. The Balaban J connectivity index is 2.28. The molecule has 0 saturated carbocycles. The van der Waals surface area contributed by atoms with Crippen molar-refractivity contribution in [3.8, 4) is 0 Å². The van der Waals surface area contributed by atoms with Gasteiger partial charge in [-0.3, -0.25) is 9.59 Å². The largest absolute Gasteiger partial charge is 0.285 e. The number of hydrogen-bond donors (Lipinski definition) is 0. The highest BCUT2D eigenvalue weighted by Crippen LogP contribution is 2.28. The molecule has 3 rings (SSSR count). The van der Waals surface area contributed by atoms with Crippen molar-refractivity contribution in [1.82, 2.24) is 0 Å². The van der Waals surface area contributed by atoms with Gasteiger partial charge < -0.3 is 0 Å². The van der Waals surface area contributed by atoms with Gasteiger partial charge in [-0.15, -0.1) is 0 Å². The Bertz CT molecular complexity index is 616. The van der Waals surface area contributed by atoms with E-state index in [9.17, 15) is 9.59 Å². The lowest BCUT2D eigenvalue weighted by atomic mass is 9.95. The van der Waals surface area contributed by atoms with Gasteiger partial charge in [-0.05, 0) is 23.6 Å². The summed E-state index contributed by atoms with van der Waals surface area (Å²) in [6.07, 6.45) is 8.32. The Morgan fingerprint density at radius 1 is 1.00 bits per heavy atom. The van der Waals surface area contributed by atoms with E-state index in [1.807, 2.05) is 36.4 Å². The van der Waals surface area contributed by atoms with E-state index < -0.39 is 11.6 Å². The summed E-state index contributed by atoms with van der Waals surface area (Å²) >= 11 is 0. The summed E-state index contributed by atoms with van der Waals surface area (Å²) in [5.74, 6) is -0.807. The molecule has 1 aromatic rings. The lowest BCUT2D eigenvalue weighted by molar-refractivity contribution is -0.111. The van der Waals surface area contributed by atoms with Crippen LogP contribution >= 0.6 is 0 Å². The van der Waals surface area contributed by atoms with Crippen LogP contribution in [0.15, 0.2) is 53.6 Å². The molecule has 0 aromatic heterocycles. The van der Waals surface area contributed by atoms with E-state index in [-0.39, 0.29) is 0 Å². The number of carbonyl (C=O) groups excluding carboxylic acids is 2. The molecule has 1 aromatic carbocycles. The van der Waals surface area contributed by atoms with E-state index in [0.717, 1.165) is 11.1 Å². The summed E-state index contributed by atoms with van der Waals surface area (Å²) in [5, 5.41) is 0. The molecule has 82 valence electrons. The van der Waals surface area contributed by atoms with Gasteiger partial charge in [0, 0.05) is 11.1 Å². The minimum Gasteiger partial charge on any atom is -0.285 e. The smallest absolute Gasteiger partial charge is 0.234 e. The lowest BCUT2D eigenvalue weighted by Crippen LogP contribution is -2.16. The third kappa shape index (κ3) is 1.49. The summed E-state index contributed by atoms with van der Waals surface area (Å²) in [4.78, 5) is 24.1.